The van der Waals surface area contributed by atoms with Crippen molar-refractivity contribution >= 4 is 0 Å². The molecule has 0 amide bonds. The van der Waals surface area contributed by atoms with E-state index >= 15 is 0 Å². The van der Waals surface area contributed by atoms with Crippen LogP contribution < -0.4 is 10.1 Å². The molecule has 114 valence electrons. The van der Waals surface area contributed by atoms with E-state index in [1.165, 1.54) is 16.7 Å². The third kappa shape index (κ3) is 3.13. The highest BCUT2D eigenvalue weighted by atomic mass is 16.5. The molecule has 1 heterocycles. The van der Waals surface area contributed by atoms with Crippen LogP contribution in [0.15, 0.2) is 22.6 Å². The number of hydrogen-bond acceptors (Lipinski definition) is 3. The van der Waals surface area contributed by atoms with Crippen LogP contribution in [-0.2, 0) is 0 Å². The summed E-state index contributed by atoms with van der Waals surface area (Å²) in [6.07, 6.45) is 0. The summed E-state index contributed by atoms with van der Waals surface area (Å²) >= 11 is 0. The fourth-order valence-corrected chi connectivity index (χ4v) is 2.87. The fraction of sp³-hybridized carbons (Fsp3) is 0.444. The second kappa shape index (κ2) is 6.35. The molecular formula is C18H25NO2. The van der Waals surface area contributed by atoms with Gasteiger partial charge in [0.2, 0.25) is 0 Å². The zero-order valence-corrected chi connectivity index (χ0v) is 13.8. The van der Waals surface area contributed by atoms with Crippen LogP contribution in [0.1, 0.15) is 46.7 Å². The molecule has 21 heavy (non-hydrogen) atoms. The largest absolute Gasteiger partial charge is 0.496 e. The van der Waals surface area contributed by atoms with Crippen LogP contribution in [0.3, 0.4) is 0 Å². The fourth-order valence-electron chi connectivity index (χ4n) is 2.87. The second-order valence-electron chi connectivity index (χ2n) is 5.54. The Morgan fingerprint density at radius 2 is 1.76 bits per heavy atom. The van der Waals surface area contributed by atoms with Crippen molar-refractivity contribution in [3.63, 3.8) is 0 Å². The van der Waals surface area contributed by atoms with Crippen LogP contribution in [0, 0.1) is 27.7 Å². The average molecular weight is 287 g/mol. The van der Waals surface area contributed by atoms with Gasteiger partial charge in [-0.2, -0.15) is 0 Å². The molecule has 1 N–H and O–H groups in total. The topological polar surface area (TPSA) is 34.4 Å². The molecule has 0 spiro atoms. The van der Waals surface area contributed by atoms with Crippen LogP contribution in [0.2, 0.25) is 0 Å². The molecule has 0 radical (unpaired) electrons. The number of methoxy groups -OCH3 is 1. The predicted octanol–water partition coefficient (Wildman–Crippen LogP) is 4.22. The maximum Gasteiger partial charge on any atom is 0.122 e. The maximum absolute atomic E-state index is 5.71. The predicted molar refractivity (Wildman–Crippen MR) is 86.2 cm³/mol. The molecule has 0 fully saturated rings. The SMILES string of the molecule is CCNC(c1cc(C)c(OC)cc1C)c1cc(C)oc1C. The summed E-state index contributed by atoms with van der Waals surface area (Å²) in [6.45, 7) is 11.3. The zero-order valence-electron chi connectivity index (χ0n) is 13.8. The van der Waals surface area contributed by atoms with Crippen molar-refractivity contribution < 1.29 is 9.15 Å². The van der Waals surface area contributed by atoms with E-state index in [0.29, 0.717) is 0 Å². The number of benzene rings is 1. The zero-order chi connectivity index (χ0) is 15.6. The highest BCUT2D eigenvalue weighted by Gasteiger charge is 2.21. The van der Waals surface area contributed by atoms with E-state index in [4.69, 9.17) is 9.15 Å². The monoisotopic (exact) mass is 287 g/mol. The second-order valence-corrected chi connectivity index (χ2v) is 5.54. The molecule has 1 aromatic carbocycles. The maximum atomic E-state index is 5.71. The molecule has 1 atom stereocenters. The van der Waals surface area contributed by atoms with Crippen molar-refractivity contribution in [1.82, 2.24) is 5.32 Å². The smallest absolute Gasteiger partial charge is 0.122 e. The highest BCUT2D eigenvalue weighted by molar-refractivity contribution is 5.46. The molecule has 0 saturated heterocycles. The number of rotatable bonds is 5. The summed E-state index contributed by atoms with van der Waals surface area (Å²) in [5, 5.41) is 3.57. The first-order valence-electron chi connectivity index (χ1n) is 7.43. The lowest BCUT2D eigenvalue weighted by Crippen LogP contribution is -2.23. The van der Waals surface area contributed by atoms with E-state index in [9.17, 15) is 0 Å². The van der Waals surface area contributed by atoms with E-state index in [1.54, 1.807) is 7.11 Å². The highest BCUT2D eigenvalue weighted by Crippen LogP contribution is 2.32. The van der Waals surface area contributed by atoms with Crippen LogP contribution in [0.4, 0.5) is 0 Å². The minimum Gasteiger partial charge on any atom is -0.496 e. The number of ether oxygens (including phenoxy) is 1. The van der Waals surface area contributed by atoms with Gasteiger partial charge in [0.25, 0.3) is 0 Å². The summed E-state index contributed by atoms with van der Waals surface area (Å²) < 4.78 is 11.1. The van der Waals surface area contributed by atoms with Crippen LogP contribution in [0.25, 0.3) is 0 Å². The molecule has 3 heteroatoms. The molecule has 1 unspecified atom stereocenters. The Labute approximate surface area is 127 Å². The molecule has 0 aliphatic heterocycles. The quantitative estimate of drug-likeness (QED) is 0.894. The first-order valence-corrected chi connectivity index (χ1v) is 7.43. The van der Waals surface area contributed by atoms with Crippen molar-refractivity contribution in [2.24, 2.45) is 0 Å². The summed E-state index contributed by atoms with van der Waals surface area (Å²) in [5.41, 5.74) is 4.86. The van der Waals surface area contributed by atoms with Gasteiger partial charge in [-0.15, -0.1) is 0 Å². The summed E-state index contributed by atoms with van der Waals surface area (Å²) in [6, 6.07) is 6.60. The lowest BCUT2D eigenvalue weighted by Gasteiger charge is -2.21. The molecule has 0 aliphatic carbocycles. The molecular weight excluding hydrogens is 262 g/mol. The third-order valence-corrected chi connectivity index (χ3v) is 3.89. The first-order chi connectivity index (χ1) is 9.97. The van der Waals surface area contributed by atoms with Gasteiger partial charge in [-0.25, -0.2) is 0 Å². The molecule has 1 aromatic heterocycles. The van der Waals surface area contributed by atoms with Gasteiger partial charge >= 0.3 is 0 Å². The Kier molecular flexibility index (Phi) is 4.73. The van der Waals surface area contributed by atoms with Crippen molar-refractivity contribution in [3.8, 4) is 5.75 Å². The minimum atomic E-state index is 0.150. The number of nitrogens with one attached hydrogen (secondary N) is 1. The van der Waals surface area contributed by atoms with Gasteiger partial charge in [0.05, 0.1) is 13.2 Å². The molecule has 0 bridgehead atoms. The van der Waals surface area contributed by atoms with E-state index < -0.39 is 0 Å². The molecule has 0 saturated carbocycles. The van der Waals surface area contributed by atoms with E-state index in [2.05, 4.69) is 44.3 Å². The van der Waals surface area contributed by atoms with E-state index in [-0.39, 0.29) is 6.04 Å². The summed E-state index contributed by atoms with van der Waals surface area (Å²) in [5.74, 6) is 2.87. The first kappa shape index (κ1) is 15.6. The Hall–Kier alpha value is -1.74. The van der Waals surface area contributed by atoms with Crippen molar-refractivity contribution in [2.45, 2.75) is 40.7 Å². The van der Waals surface area contributed by atoms with Gasteiger partial charge in [-0.1, -0.05) is 13.0 Å². The lowest BCUT2D eigenvalue weighted by molar-refractivity contribution is 0.411. The molecule has 2 aromatic rings. The number of hydrogen-bond donors (Lipinski definition) is 1. The average Bonchev–Trinajstić information content (AvgIpc) is 2.77. The Morgan fingerprint density at radius 1 is 1.05 bits per heavy atom. The Morgan fingerprint density at radius 3 is 2.29 bits per heavy atom. The minimum absolute atomic E-state index is 0.150. The van der Waals surface area contributed by atoms with Crippen LogP contribution >= 0.6 is 0 Å². The molecule has 3 nitrogen and oxygen atoms in total. The Balaban J connectivity index is 2.53. The van der Waals surface area contributed by atoms with Crippen molar-refractivity contribution in [3.05, 3.63) is 52.0 Å². The van der Waals surface area contributed by atoms with Gasteiger partial charge in [0.15, 0.2) is 0 Å². The van der Waals surface area contributed by atoms with Crippen molar-refractivity contribution in [1.29, 1.82) is 0 Å². The van der Waals surface area contributed by atoms with Crippen LogP contribution in [-0.4, -0.2) is 13.7 Å². The van der Waals surface area contributed by atoms with Gasteiger partial charge < -0.3 is 14.5 Å². The Bertz CT molecular complexity index is 628. The normalized spacial score (nSPS) is 12.5. The van der Waals surface area contributed by atoms with Gasteiger partial charge in [0, 0.05) is 5.56 Å². The summed E-state index contributed by atoms with van der Waals surface area (Å²) in [7, 11) is 1.72. The lowest BCUT2D eigenvalue weighted by atomic mass is 9.93. The van der Waals surface area contributed by atoms with Gasteiger partial charge in [0.1, 0.15) is 17.3 Å². The van der Waals surface area contributed by atoms with Gasteiger partial charge in [-0.05, 0) is 63.1 Å². The molecule has 2 rings (SSSR count). The van der Waals surface area contributed by atoms with E-state index in [0.717, 1.165) is 29.4 Å². The number of aryl methyl sites for hydroxylation is 4. The number of furan rings is 1. The van der Waals surface area contributed by atoms with Crippen molar-refractivity contribution in [2.75, 3.05) is 13.7 Å². The standard InChI is InChI=1S/C18H25NO2/c1-7-19-18(16-10-13(4)21-14(16)5)15-8-12(3)17(20-6)9-11(15)2/h8-10,18-19H,7H2,1-6H3. The summed E-state index contributed by atoms with van der Waals surface area (Å²) in [4.78, 5) is 0. The van der Waals surface area contributed by atoms with E-state index in [1.807, 2.05) is 13.8 Å². The van der Waals surface area contributed by atoms with Gasteiger partial charge in [-0.3, -0.25) is 0 Å². The third-order valence-electron chi connectivity index (χ3n) is 3.89. The molecule has 0 aliphatic rings. The van der Waals surface area contributed by atoms with Crippen LogP contribution in [0.5, 0.6) is 5.75 Å².